The lowest BCUT2D eigenvalue weighted by Crippen LogP contribution is -2.42. The fourth-order valence-electron chi connectivity index (χ4n) is 2.26. The number of carbonyl (C=O) groups excluding carboxylic acids is 1. The predicted molar refractivity (Wildman–Crippen MR) is 71.0 cm³/mol. The second-order valence-corrected chi connectivity index (χ2v) is 5.09. The monoisotopic (exact) mass is 272 g/mol. The number of carboxylic acids is 1. The Bertz CT molecular complexity index is 290. The molecule has 6 heteroatoms. The van der Waals surface area contributed by atoms with Gasteiger partial charge in [-0.3, -0.25) is 4.79 Å². The minimum atomic E-state index is -0.838. The van der Waals surface area contributed by atoms with Crippen LogP contribution in [0.3, 0.4) is 0 Å². The van der Waals surface area contributed by atoms with Crippen LogP contribution in [0.2, 0.25) is 0 Å². The van der Waals surface area contributed by atoms with Gasteiger partial charge in [0.25, 0.3) is 0 Å². The number of hydrogen-bond acceptors (Lipinski definition) is 3. The summed E-state index contributed by atoms with van der Waals surface area (Å²) in [6, 6.07) is -0.0903. The van der Waals surface area contributed by atoms with Crippen molar-refractivity contribution in [1.29, 1.82) is 0 Å². The molecule has 1 rings (SSSR count). The molecule has 0 aliphatic carbocycles. The summed E-state index contributed by atoms with van der Waals surface area (Å²) in [4.78, 5) is 21.9. The Kier molecular flexibility index (Phi) is 7.25. The van der Waals surface area contributed by atoms with Gasteiger partial charge in [-0.25, -0.2) is 4.79 Å². The van der Waals surface area contributed by atoms with Crippen molar-refractivity contribution in [3.05, 3.63) is 0 Å². The van der Waals surface area contributed by atoms with Crippen LogP contribution in [0, 0.1) is 5.92 Å². The molecule has 1 aliphatic heterocycles. The van der Waals surface area contributed by atoms with Crippen LogP contribution in [0.25, 0.3) is 0 Å². The summed E-state index contributed by atoms with van der Waals surface area (Å²) in [5.74, 6) is -0.217. The molecule has 1 aliphatic rings. The quantitative estimate of drug-likeness (QED) is 0.611. The lowest BCUT2D eigenvalue weighted by Gasteiger charge is -2.25. The third kappa shape index (κ3) is 7.66. The first-order valence-corrected chi connectivity index (χ1v) is 6.92. The van der Waals surface area contributed by atoms with Gasteiger partial charge in [0, 0.05) is 32.2 Å². The van der Waals surface area contributed by atoms with E-state index < -0.39 is 5.97 Å². The van der Waals surface area contributed by atoms with Gasteiger partial charge >= 0.3 is 12.0 Å². The minimum Gasteiger partial charge on any atom is -0.481 e. The Morgan fingerprint density at radius 1 is 1.37 bits per heavy atom. The molecule has 0 aromatic heterocycles. The highest BCUT2D eigenvalue weighted by atomic mass is 16.5. The van der Waals surface area contributed by atoms with Crippen molar-refractivity contribution in [1.82, 2.24) is 10.6 Å². The summed E-state index contributed by atoms with van der Waals surface area (Å²) in [6.07, 6.45) is 3.62. The smallest absolute Gasteiger partial charge is 0.314 e. The third-order valence-electron chi connectivity index (χ3n) is 3.26. The SMILES string of the molecule is CC(CC1CCOCC1)NC(=O)NCCCC(=O)O. The molecule has 0 spiro atoms. The molecule has 1 fully saturated rings. The zero-order valence-corrected chi connectivity index (χ0v) is 11.5. The highest BCUT2D eigenvalue weighted by Crippen LogP contribution is 2.19. The molecule has 0 saturated carbocycles. The van der Waals surface area contributed by atoms with Crippen molar-refractivity contribution in [3.8, 4) is 0 Å². The fourth-order valence-corrected chi connectivity index (χ4v) is 2.26. The molecule has 3 N–H and O–H groups in total. The van der Waals surface area contributed by atoms with E-state index in [1.54, 1.807) is 0 Å². The molecule has 0 aromatic carbocycles. The lowest BCUT2D eigenvalue weighted by molar-refractivity contribution is -0.137. The fraction of sp³-hybridized carbons (Fsp3) is 0.846. The van der Waals surface area contributed by atoms with Crippen LogP contribution in [0.5, 0.6) is 0 Å². The maximum absolute atomic E-state index is 11.5. The van der Waals surface area contributed by atoms with Crippen molar-refractivity contribution in [2.45, 2.75) is 45.1 Å². The van der Waals surface area contributed by atoms with Crippen LogP contribution in [0.15, 0.2) is 0 Å². The van der Waals surface area contributed by atoms with Crippen LogP contribution in [-0.2, 0) is 9.53 Å². The van der Waals surface area contributed by atoms with Gasteiger partial charge in [-0.1, -0.05) is 0 Å². The average Bonchev–Trinajstić information content (AvgIpc) is 2.35. The number of ether oxygens (including phenoxy) is 1. The Labute approximate surface area is 113 Å². The number of urea groups is 1. The number of amides is 2. The molecule has 1 atom stereocenters. The maximum Gasteiger partial charge on any atom is 0.314 e. The number of nitrogens with one attached hydrogen (secondary N) is 2. The van der Waals surface area contributed by atoms with Crippen LogP contribution >= 0.6 is 0 Å². The summed E-state index contributed by atoms with van der Waals surface area (Å²) in [7, 11) is 0. The van der Waals surface area contributed by atoms with Crippen molar-refractivity contribution < 1.29 is 19.4 Å². The van der Waals surface area contributed by atoms with Crippen LogP contribution in [0.1, 0.15) is 39.0 Å². The van der Waals surface area contributed by atoms with Crippen molar-refractivity contribution in [2.24, 2.45) is 5.92 Å². The zero-order chi connectivity index (χ0) is 14.1. The van der Waals surface area contributed by atoms with Gasteiger partial charge in [0.15, 0.2) is 0 Å². The lowest BCUT2D eigenvalue weighted by atomic mass is 9.93. The van der Waals surface area contributed by atoms with Gasteiger partial charge in [-0.05, 0) is 38.5 Å². The molecule has 0 aromatic rings. The van der Waals surface area contributed by atoms with Gasteiger partial charge in [-0.15, -0.1) is 0 Å². The summed E-state index contributed by atoms with van der Waals surface area (Å²) in [6.45, 7) is 4.02. The van der Waals surface area contributed by atoms with Crippen molar-refractivity contribution >= 4 is 12.0 Å². The largest absolute Gasteiger partial charge is 0.481 e. The second-order valence-electron chi connectivity index (χ2n) is 5.09. The number of aliphatic carboxylic acids is 1. The highest BCUT2D eigenvalue weighted by molar-refractivity contribution is 5.74. The molecule has 1 saturated heterocycles. The van der Waals surface area contributed by atoms with Gasteiger partial charge in [0.2, 0.25) is 0 Å². The molecule has 6 nitrogen and oxygen atoms in total. The van der Waals surface area contributed by atoms with Crippen LogP contribution < -0.4 is 10.6 Å². The van der Waals surface area contributed by atoms with E-state index >= 15 is 0 Å². The summed E-state index contributed by atoms with van der Waals surface area (Å²) in [5.41, 5.74) is 0. The van der Waals surface area contributed by atoms with E-state index in [1.807, 2.05) is 6.92 Å². The van der Waals surface area contributed by atoms with E-state index in [0.717, 1.165) is 32.5 Å². The van der Waals surface area contributed by atoms with Gasteiger partial charge < -0.3 is 20.5 Å². The number of rotatable bonds is 7. The molecular weight excluding hydrogens is 248 g/mol. The summed E-state index contributed by atoms with van der Waals surface area (Å²) >= 11 is 0. The molecule has 2 amide bonds. The molecular formula is C13H24N2O4. The normalized spacial score (nSPS) is 17.7. The molecule has 19 heavy (non-hydrogen) atoms. The summed E-state index contributed by atoms with van der Waals surface area (Å²) in [5, 5.41) is 14.0. The minimum absolute atomic E-state index is 0.0813. The van der Waals surface area contributed by atoms with E-state index in [9.17, 15) is 9.59 Å². The first kappa shape index (κ1) is 15.8. The van der Waals surface area contributed by atoms with Gasteiger partial charge in [-0.2, -0.15) is 0 Å². The van der Waals surface area contributed by atoms with Gasteiger partial charge in [0.1, 0.15) is 0 Å². The first-order valence-electron chi connectivity index (χ1n) is 6.92. The zero-order valence-electron chi connectivity index (χ0n) is 11.5. The number of hydrogen-bond donors (Lipinski definition) is 3. The molecule has 1 unspecified atom stereocenters. The average molecular weight is 272 g/mol. The van der Waals surface area contributed by atoms with E-state index in [1.165, 1.54) is 0 Å². The van der Waals surface area contributed by atoms with Crippen LogP contribution in [-0.4, -0.2) is 42.9 Å². The van der Waals surface area contributed by atoms with Crippen LogP contribution in [0.4, 0.5) is 4.79 Å². The van der Waals surface area contributed by atoms with E-state index in [-0.39, 0.29) is 18.5 Å². The van der Waals surface area contributed by atoms with Gasteiger partial charge in [0.05, 0.1) is 0 Å². The molecule has 0 bridgehead atoms. The third-order valence-corrected chi connectivity index (χ3v) is 3.26. The van der Waals surface area contributed by atoms with E-state index in [2.05, 4.69) is 10.6 Å². The molecule has 1 heterocycles. The second kappa shape index (κ2) is 8.74. The number of carboxylic acid groups (broad SMARTS) is 1. The Morgan fingerprint density at radius 3 is 2.68 bits per heavy atom. The molecule has 0 radical (unpaired) electrons. The highest BCUT2D eigenvalue weighted by Gasteiger charge is 2.17. The van der Waals surface area contributed by atoms with E-state index in [4.69, 9.17) is 9.84 Å². The van der Waals surface area contributed by atoms with E-state index in [0.29, 0.717) is 18.9 Å². The number of carbonyl (C=O) groups is 2. The Hall–Kier alpha value is -1.30. The Morgan fingerprint density at radius 2 is 2.05 bits per heavy atom. The maximum atomic E-state index is 11.5. The summed E-state index contributed by atoms with van der Waals surface area (Å²) < 4.78 is 5.30. The standard InChI is InChI=1S/C13H24N2O4/c1-10(9-11-4-7-19-8-5-11)15-13(18)14-6-2-3-12(16)17/h10-11H,2-9H2,1H3,(H,16,17)(H2,14,15,18). The van der Waals surface area contributed by atoms with Crippen molar-refractivity contribution in [2.75, 3.05) is 19.8 Å². The predicted octanol–water partition coefficient (Wildman–Crippen LogP) is 1.36. The molecule has 110 valence electrons. The van der Waals surface area contributed by atoms with Crippen molar-refractivity contribution in [3.63, 3.8) is 0 Å². The topological polar surface area (TPSA) is 87.7 Å². The Balaban J connectivity index is 2.07. The first-order chi connectivity index (χ1) is 9.08.